The van der Waals surface area contributed by atoms with Gasteiger partial charge in [0.15, 0.2) is 0 Å². The molecule has 1 fully saturated rings. The van der Waals surface area contributed by atoms with Gasteiger partial charge in [0, 0.05) is 37.6 Å². The second kappa shape index (κ2) is 11.1. The molecule has 36 heavy (non-hydrogen) atoms. The highest BCUT2D eigenvalue weighted by Gasteiger charge is 2.24. The number of nitrogens with two attached hydrogens (primary N) is 1. The number of halogens is 1. The first-order chi connectivity index (χ1) is 17.6. The highest BCUT2D eigenvalue weighted by atomic mass is 19.1. The van der Waals surface area contributed by atoms with Crippen molar-refractivity contribution in [2.75, 3.05) is 39.2 Å². The molecule has 0 radical (unpaired) electrons. The maximum atomic E-state index is 12.5. The lowest BCUT2D eigenvalue weighted by Gasteiger charge is -2.18. The van der Waals surface area contributed by atoms with Crippen molar-refractivity contribution < 1.29 is 13.9 Å². The molecule has 6 heteroatoms. The van der Waals surface area contributed by atoms with E-state index in [0.29, 0.717) is 12.3 Å². The van der Waals surface area contributed by atoms with Gasteiger partial charge in [-0.05, 0) is 95.8 Å². The Bertz CT molecular complexity index is 1210. The Hall–Kier alpha value is -3.38. The maximum Gasteiger partial charge on any atom is 0.212 e. The number of aryl methyl sites for hydroxylation is 1. The molecule has 1 aromatic heterocycles. The first-order valence-corrected chi connectivity index (χ1v) is 12.8. The number of benzene rings is 2. The molecule has 1 aliphatic heterocycles. The van der Waals surface area contributed by atoms with E-state index in [-0.39, 0.29) is 12.8 Å². The van der Waals surface area contributed by atoms with Crippen LogP contribution in [0.15, 0.2) is 60.8 Å². The SMILES string of the molecule is COc1ccc(C2=C(c3ccc(OC4CCN(CCCF)C4)cc3)c3ccc(N)cc3CCC2)cn1. The lowest BCUT2D eigenvalue weighted by atomic mass is 9.88. The largest absolute Gasteiger partial charge is 0.489 e. The Balaban J connectivity index is 1.46. The van der Waals surface area contributed by atoms with Crippen LogP contribution in [0.5, 0.6) is 11.6 Å². The lowest BCUT2D eigenvalue weighted by Crippen LogP contribution is -2.26. The molecule has 2 aromatic carbocycles. The van der Waals surface area contributed by atoms with Crippen molar-refractivity contribution in [1.82, 2.24) is 9.88 Å². The number of fused-ring (bicyclic) bond motifs is 1. The van der Waals surface area contributed by atoms with Gasteiger partial charge in [-0.15, -0.1) is 0 Å². The Morgan fingerprint density at radius 2 is 1.89 bits per heavy atom. The van der Waals surface area contributed by atoms with E-state index < -0.39 is 0 Å². The summed E-state index contributed by atoms with van der Waals surface area (Å²) in [6, 6.07) is 18.7. The Morgan fingerprint density at radius 1 is 1.06 bits per heavy atom. The van der Waals surface area contributed by atoms with Crippen LogP contribution in [0.3, 0.4) is 0 Å². The summed E-state index contributed by atoms with van der Waals surface area (Å²) in [4.78, 5) is 6.76. The van der Waals surface area contributed by atoms with E-state index in [1.54, 1.807) is 7.11 Å². The molecular formula is C30H34FN3O2. The van der Waals surface area contributed by atoms with Crippen molar-refractivity contribution in [3.63, 3.8) is 0 Å². The zero-order chi connectivity index (χ0) is 24.9. The molecule has 2 aliphatic rings. The third-order valence-electron chi connectivity index (χ3n) is 7.15. The Labute approximate surface area is 212 Å². The predicted octanol–water partition coefficient (Wildman–Crippen LogP) is 5.78. The summed E-state index contributed by atoms with van der Waals surface area (Å²) in [5, 5.41) is 0. The van der Waals surface area contributed by atoms with Crippen molar-refractivity contribution in [2.24, 2.45) is 0 Å². The van der Waals surface area contributed by atoms with Crippen molar-refractivity contribution >= 4 is 16.8 Å². The van der Waals surface area contributed by atoms with E-state index in [2.05, 4.69) is 52.3 Å². The molecule has 0 spiro atoms. The number of rotatable bonds is 8. The van der Waals surface area contributed by atoms with Crippen LogP contribution in [0.25, 0.3) is 11.1 Å². The van der Waals surface area contributed by atoms with Crippen LogP contribution in [0.2, 0.25) is 0 Å². The third-order valence-corrected chi connectivity index (χ3v) is 7.15. The number of anilines is 1. The fourth-order valence-electron chi connectivity index (χ4n) is 5.38. The third kappa shape index (κ3) is 5.39. The summed E-state index contributed by atoms with van der Waals surface area (Å²) in [5.41, 5.74) is 14.2. The molecular weight excluding hydrogens is 453 g/mol. The number of nitrogen functional groups attached to an aromatic ring is 1. The number of hydrogen-bond donors (Lipinski definition) is 1. The van der Waals surface area contributed by atoms with Crippen LogP contribution in [0, 0.1) is 0 Å². The van der Waals surface area contributed by atoms with Gasteiger partial charge in [-0.2, -0.15) is 0 Å². The Kier molecular flexibility index (Phi) is 7.52. The summed E-state index contributed by atoms with van der Waals surface area (Å²) in [5.74, 6) is 1.48. The average molecular weight is 488 g/mol. The molecule has 2 N–H and O–H groups in total. The standard InChI is InChI=1S/C30H34FN3O2/c1-35-29-13-8-23(19-33-29)27-5-2-4-22-18-24(32)9-12-28(22)30(27)21-6-10-25(11-7-21)36-26-14-17-34(20-26)16-3-15-31/h6-13,18-19,26H,2-5,14-17,20,32H2,1H3. The summed E-state index contributed by atoms with van der Waals surface area (Å²) in [7, 11) is 1.63. The number of methoxy groups -OCH3 is 1. The van der Waals surface area contributed by atoms with Crippen molar-refractivity contribution in [3.05, 3.63) is 83.0 Å². The van der Waals surface area contributed by atoms with Gasteiger partial charge in [-0.3, -0.25) is 9.29 Å². The van der Waals surface area contributed by atoms with Crippen LogP contribution >= 0.6 is 0 Å². The van der Waals surface area contributed by atoms with Gasteiger partial charge in [0.05, 0.1) is 13.8 Å². The molecule has 0 saturated carbocycles. The van der Waals surface area contributed by atoms with Gasteiger partial charge in [-0.25, -0.2) is 4.98 Å². The second-order valence-corrected chi connectivity index (χ2v) is 9.61. The molecule has 5 rings (SSSR count). The van der Waals surface area contributed by atoms with Gasteiger partial charge < -0.3 is 15.2 Å². The number of alkyl halides is 1. The number of nitrogens with zero attached hydrogens (tertiary/aromatic N) is 2. The summed E-state index contributed by atoms with van der Waals surface area (Å²) in [6.07, 6.45) is 6.60. The number of likely N-dealkylation sites (tertiary alicyclic amines) is 1. The molecule has 0 amide bonds. The van der Waals surface area contributed by atoms with Crippen molar-refractivity contribution in [2.45, 2.75) is 38.2 Å². The molecule has 1 saturated heterocycles. The average Bonchev–Trinajstić information content (AvgIpc) is 3.26. The van der Waals surface area contributed by atoms with Crippen LogP contribution in [-0.2, 0) is 6.42 Å². The van der Waals surface area contributed by atoms with Gasteiger partial charge in [0.2, 0.25) is 5.88 Å². The van der Waals surface area contributed by atoms with Gasteiger partial charge in [0.25, 0.3) is 0 Å². The number of ether oxygens (including phenoxy) is 2. The first-order valence-electron chi connectivity index (χ1n) is 12.8. The second-order valence-electron chi connectivity index (χ2n) is 9.61. The molecule has 1 aliphatic carbocycles. The Morgan fingerprint density at radius 3 is 2.64 bits per heavy atom. The topological polar surface area (TPSA) is 60.6 Å². The smallest absolute Gasteiger partial charge is 0.212 e. The molecule has 5 nitrogen and oxygen atoms in total. The normalized spacial score (nSPS) is 18.1. The van der Waals surface area contributed by atoms with Crippen molar-refractivity contribution in [1.29, 1.82) is 0 Å². The van der Waals surface area contributed by atoms with Gasteiger partial charge >= 0.3 is 0 Å². The molecule has 1 atom stereocenters. The quantitative estimate of drug-likeness (QED) is 0.408. The molecule has 1 unspecified atom stereocenters. The van der Waals surface area contributed by atoms with E-state index in [9.17, 15) is 4.39 Å². The highest BCUT2D eigenvalue weighted by molar-refractivity contribution is 6.00. The number of aromatic nitrogens is 1. The molecule has 0 bridgehead atoms. The summed E-state index contributed by atoms with van der Waals surface area (Å²) in [6.45, 7) is 2.37. The minimum absolute atomic E-state index is 0.150. The van der Waals surface area contributed by atoms with Crippen LogP contribution < -0.4 is 15.2 Å². The minimum Gasteiger partial charge on any atom is -0.489 e. The summed E-state index contributed by atoms with van der Waals surface area (Å²) < 4.78 is 24.1. The van der Waals surface area contributed by atoms with Crippen LogP contribution in [-0.4, -0.2) is 49.4 Å². The van der Waals surface area contributed by atoms with Crippen molar-refractivity contribution in [3.8, 4) is 11.6 Å². The fourth-order valence-corrected chi connectivity index (χ4v) is 5.38. The molecule has 2 heterocycles. The summed E-state index contributed by atoms with van der Waals surface area (Å²) >= 11 is 0. The zero-order valence-electron chi connectivity index (χ0n) is 20.9. The molecule has 3 aromatic rings. The monoisotopic (exact) mass is 487 g/mol. The first kappa shape index (κ1) is 24.3. The van der Waals surface area contributed by atoms with Gasteiger partial charge in [-0.1, -0.05) is 18.2 Å². The van der Waals surface area contributed by atoms with E-state index in [1.165, 1.54) is 22.3 Å². The number of pyridine rings is 1. The minimum atomic E-state index is -0.260. The van der Waals surface area contributed by atoms with Crippen LogP contribution in [0.4, 0.5) is 10.1 Å². The molecule has 188 valence electrons. The van der Waals surface area contributed by atoms with E-state index in [4.69, 9.17) is 15.2 Å². The number of allylic oxidation sites excluding steroid dienone is 1. The van der Waals surface area contributed by atoms with Crippen LogP contribution in [0.1, 0.15) is 47.9 Å². The van der Waals surface area contributed by atoms with E-state index in [1.807, 2.05) is 18.3 Å². The predicted molar refractivity (Wildman–Crippen MR) is 143 cm³/mol. The van der Waals surface area contributed by atoms with E-state index >= 15 is 0 Å². The number of hydrogen-bond acceptors (Lipinski definition) is 5. The lowest BCUT2D eigenvalue weighted by molar-refractivity contribution is 0.198. The fraction of sp³-hybridized carbons (Fsp3) is 0.367. The van der Waals surface area contributed by atoms with E-state index in [0.717, 1.165) is 67.9 Å². The van der Waals surface area contributed by atoms with Gasteiger partial charge in [0.1, 0.15) is 11.9 Å². The highest BCUT2D eigenvalue weighted by Crippen LogP contribution is 2.40. The zero-order valence-corrected chi connectivity index (χ0v) is 20.9. The maximum absolute atomic E-state index is 12.5.